The Balaban J connectivity index is 1.49. The summed E-state index contributed by atoms with van der Waals surface area (Å²) in [6.07, 6.45) is 1.77. The number of carbonyl (C=O) groups excluding carboxylic acids is 1. The second kappa shape index (κ2) is 6.31. The van der Waals surface area contributed by atoms with Crippen molar-refractivity contribution in [3.8, 4) is 5.75 Å². The van der Waals surface area contributed by atoms with Crippen LogP contribution >= 0.6 is 11.3 Å². The Bertz CT molecular complexity index is 686. The topological polar surface area (TPSA) is 76.1 Å². The average molecular weight is 318 g/mol. The largest absolute Gasteiger partial charge is 0.490 e. The molecular formula is C15H18N4O2S. The number of hydrogen-bond acceptors (Lipinski definition) is 5. The number of rotatable bonds is 4. The molecule has 0 aliphatic carbocycles. The molecule has 22 heavy (non-hydrogen) atoms. The van der Waals surface area contributed by atoms with Crippen LogP contribution < -0.4 is 15.4 Å². The van der Waals surface area contributed by atoms with Gasteiger partial charge in [-0.25, -0.2) is 4.79 Å². The molecule has 116 valence electrons. The molecule has 0 fully saturated rings. The monoisotopic (exact) mass is 318 g/mol. The van der Waals surface area contributed by atoms with Gasteiger partial charge in [-0.15, -0.1) is 21.5 Å². The lowest BCUT2D eigenvalue weighted by molar-refractivity contribution is 0.252. The fraction of sp³-hybridized carbons (Fsp3) is 0.400. The molecule has 7 heteroatoms. The summed E-state index contributed by atoms with van der Waals surface area (Å²) < 4.78 is 5.64. The van der Waals surface area contributed by atoms with Crippen LogP contribution in [0.5, 0.6) is 5.75 Å². The number of benzene rings is 1. The van der Waals surface area contributed by atoms with Gasteiger partial charge in [-0.1, -0.05) is 0 Å². The van der Waals surface area contributed by atoms with E-state index < -0.39 is 0 Å². The third-order valence-electron chi connectivity index (χ3n) is 3.35. The van der Waals surface area contributed by atoms with Crippen LogP contribution in [0.15, 0.2) is 18.2 Å². The summed E-state index contributed by atoms with van der Waals surface area (Å²) in [6.45, 7) is 4.49. The fourth-order valence-electron chi connectivity index (χ4n) is 2.40. The maximum absolute atomic E-state index is 11.9. The van der Waals surface area contributed by atoms with Gasteiger partial charge in [0.15, 0.2) is 0 Å². The molecule has 0 unspecified atom stereocenters. The first kappa shape index (κ1) is 14.8. The molecule has 6 nitrogen and oxygen atoms in total. The molecule has 1 aromatic heterocycles. The molecule has 1 aliphatic rings. The summed E-state index contributed by atoms with van der Waals surface area (Å²) in [7, 11) is 0. The molecule has 0 radical (unpaired) electrons. The second-order valence-electron chi connectivity index (χ2n) is 5.30. The molecule has 2 amide bonds. The lowest BCUT2D eigenvalue weighted by atomic mass is 10.1. The number of nitrogens with one attached hydrogen (secondary N) is 2. The van der Waals surface area contributed by atoms with Gasteiger partial charge in [0.25, 0.3) is 0 Å². The summed E-state index contributed by atoms with van der Waals surface area (Å²) in [5, 5.41) is 15.5. The van der Waals surface area contributed by atoms with Crippen molar-refractivity contribution in [1.29, 1.82) is 0 Å². The third-order valence-corrected chi connectivity index (χ3v) is 4.24. The van der Waals surface area contributed by atoms with Crippen LogP contribution in [0.1, 0.15) is 22.5 Å². The summed E-state index contributed by atoms with van der Waals surface area (Å²) in [5.74, 6) is 0.907. The van der Waals surface area contributed by atoms with E-state index >= 15 is 0 Å². The molecular weight excluding hydrogens is 300 g/mol. The van der Waals surface area contributed by atoms with Crippen molar-refractivity contribution < 1.29 is 9.53 Å². The standard InChI is InChI=1S/C15H18N4O2S/c1-9-7-11-8-12(3-4-13(11)21-9)17-15(20)16-6-5-14-19-18-10(2)22-14/h3-4,8-9H,5-7H2,1-2H3,(H2,16,17,20)/t9-/m1/s1. The fourth-order valence-corrected chi connectivity index (χ4v) is 3.11. The first-order valence-corrected chi connectivity index (χ1v) is 8.05. The van der Waals surface area contributed by atoms with Crippen LogP contribution in [0, 0.1) is 6.92 Å². The van der Waals surface area contributed by atoms with Gasteiger partial charge in [-0.2, -0.15) is 0 Å². The van der Waals surface area contributed by atoms with E-state index in [-0.39, 0.29) is 12.1 Å². The lowest BCUT2D eigenvalue weighted by Gasteiger charge is -2.08. The molecule has 2 N–H and O–H groups in total. The molecule has 1 aliphatic heterocycles. The number of anilines is 1. The first-order chi connectivity index (χ1) is 10.6. The maximum atomic E-state index is 11.9. The zero-order chi connectivity index (χ0) is 15.5. The number of nitrogens with zero attached hydrogens (tertiary/aromatic N) is 2. The van der Waals surface area contributed by atoms with Gasteiger partial charge in [0.1, 0.15) is 21.9 Å². The highest BCUT2D eigenvalue weighted by Crippen LogP contribution is 2.30. The van der Waals surface area contributed by atoms with Crippen molar-refractivity contribution in [2.75, 3.05) is 11.9 Å². The number of ether oxygens (including phenoxy) is 1. The average Bonchev–Trinajstić information content (AvgIpc) is 3.03. The van der Waals surface area contributed by atoms with Crippen LogP contribution in [0.2, 0.25) is 0 Å². The predicted octanol–water partition coefficient (Wildman–Crippen LogP) is 2.53. The summed E-state index contributed by atoms with van der Waals surface area (Å²) in [6, 6.07) is 5.50. The van der Waals surface area contributed by atoms with Gasteiger partial charge in [0.05, 0.1) is 0 Å². The number of carbonyl (C=O) groups is 1. The molecule has 3 rings (SSSR count). The van der Waals surface area contributed by atoms with E-state index in [1.54, 1.807) is 11.3 Å². The molecule has 0 spiro atoms. The first-order valence-electron chi connectivity index (χ1n) is 7.23. The maximum Gasteiger partial charge on any atom is 0.319 e. The molecule has 1 aromatic carbocycles. The van der Waals surface area contributed by atoms with Crippen LogP contribution in [0.25, 0.3) is 0 Å². The normalized spacial score (nSPS) is 16.0. The molecule has 0 saturated carbocycles. The van der Waals surface area contributed by atoms with E-state index in [0.717, 1.165) is 33.4 Å². The Morgan fingerprint density at radius 2 is 2.32 bits per heavy atom. The SMILES string of the molecule is Cc1nnc(CCNC(=O)Nc2ccc3c(c2)C[C@@H](C)O3)s1. The Hall–Kier alpha value is -2.15. The van der Waals surface area contributed by atoms with Crippen LogP contribution in [-0.2, 0) is 12.8 Å². The highest BCUT2D eigenvalue weighted by Gasteiger charge is 2.19. The summed E-state index contributed by atoms with van der Waals surface area (Å²) in [5.41, 5.74) is 1.91. The second-order valence-corrected chi connectivity index (χ2v) is 6.57. The minimum Gasteiger partial charge on any atom is -0.490 e. The highest BCUT2D eigenvalue weighted by molar-refractivity contribution is 7.11. The van der Waals surface area contributed by atoms with Gasteiger partial charge in [-0.3, -0.25) is 0 Å². The number of fused-ring (bicyclic) bond motifs is 1. The van der Waals surface area contributed by atoms with Gasteiger partial charge >= 0.3 is 6.03 Å². The third kappa shape index (κ3) is 3.54. The van der Waals surface area contributed by atoms with Crippen molar-refractivity contribution in [3.05, 3.63) is 33.8 Å². The van der Waals surface area contributed by atoms with E-state index in [4.69, 9.17) is 4.74 Å². The predicted molar refractivity (Wildman–Crippen MR) is 85.6 cm³/mol. The molecule has 1 atom stereocenters. The minimum atomic E-state index is -0.215. The van der Waals surface area contributed by atoms with Crippen molar-refractivity contribution >= 4 is 23.1 Å². The van der Waals surface area contributed by atoms with Gasteiger partial charge in [0, 0.05) is 25.1 Å². The Labute approximate surface area is 132 Å². The molecule has 0 bridgehead atoms. The van der Waals surface area contributed by atoms with Crippen molar-refractivity contribution in [2.45, 2.75) is 32.8 Å². The van der Waals surface area contributed by atoms with Crippen LogP contribution in [-0.4, -0.2) is 28.9 Å². The smallest absolute Gasteiger partial charge is 0.319 e. The van der Waals surface area contributed by atoms with Crippen molar-refractivity contribution in [3.63, 3.8) is 0 Å². The zero-order valence-electron chi connectivity index (χ0n) is 12.5. The molecule has 2 aromatic rings. The highest BCUT2D eigenvalue weighted by atomic mass is 32.1. The van der Waals surface area contributed by atoms with Crippen LogP contribution in [0.3, 0.4) is 0 Å². The van der Waals surface area contributed by atoms with E-state index in [1.807, 2.05) is 32.0 Å². The number of hydrogen-bond donors (Lipinski definition) is 2. The van der Waals surface area contributed by atoms with E-state index in [0.29, 0.717) is 13.0 Å². The summed E-state index contributed by atoms with van der Waals surface area (Å²) >= 11 is 1.55. The van der Waals surface area contributed by atoms with Gasteiger partial charge < -0.3 is 15.4 Å². The number of urea groups is 1. The quantitative estimate of drug-likeness (QED) is 0.908. The van der Waals surface area contributed by atoms with E-state index in [9.17, 15) is 4.79 Å². The van der Waals surface area contributed by atoms with Crippen molar-refractivity contribution in [2.24, 2.45) is 0 Å². The zero-order valence-corrected chi connectivity index (χ0v) is 13.4. The summed E-state index contributed by atoms with van der Waals surface area (Å²) in [4.78, 5) is 11.9. The lowest BCUT2D eigenvalue weighted by Crippen LogP contribution is -2.30. The van der Waals surface area contributed by atoms with Crippen molar-refractivity contribution in [1.82, 2.24) is 15.5 Å². The molecule has 2 heterocycles. The van der Waals surface area contributed by atoms with E-state index in [2.05, 4.69) is 20.8 Å². The van der Waals surface area contributed by atoms with Gasteiger partial charge in [-0.05, 0) is 37.6 Å². The minimum absolute atomic E-state index is 0.203. The number of amides is 2. The number of aryl methyl sites for hydroxylation is 1. The van der Waals surface area contributed by atoms with Crippen LogP contribution in [0.4, 0.5) is 10.5 Å². The number of aromatic nitrogens is 2. The molecule has 0 saturated heterocycles. The Morgan fingerprint density at radius 1 is 1.45 bits per heavy atom. The van der Waals surface area contributed by atoms with Gasteiger partial charge in [0.2, 0.25) is 0 Å². The Kier molecular flexibility index (Phi) is 4.24. The van der Waals surface area contributed by atoms with E-state index in [1.165, 1.54) is 0 Å². The Morgan fingerprint density at radius 3 is 3.09 bits per heavy atom.